The van der Waals surface area contributed by atoms with E-state index in [1.807, 2.05) is 0 Å². The van der Waals surface area contributed by atoms with Gasteiger partial charge in [0.25, 0.3) is 0 Å². The van der Waals surface area contributed by atoms with Crippen molar-refractivity contribution < 1.29 is 67.4 Å². The molecule has 7 rings (SSSR count). The van der Waals surface area contributed by atoms with Crippen molar-refractivity contribution in [2.75, 3.05) is 0 Å². The second-order valence-corrected chi connectivity index (χ2v) is 10.8. The van der Waals surface area contributed by atoms with Crippen LogP contribution in [-0.4, -0.2) is 42.8 Å². The standard InChI is InChI=1S/2C12H6F2N2.3C6H5NO2.Ir/c2*13-10-5-8(6-11(14)9(10)7-15)12-3-1-2-4-16-12;3*8-6(9)5-3-1-2-4-7-5;/h2*1-6H;3*1-4H,(H,8,9);/q;;;;;+3/p-3. The van der Waals surface area contributed by atoms with Crippen molar-refractivity contribution in [3.8, 4) is 34.7 Å². The summed E-state index contributed by atoms with van der Waals surface area (Å²) in [6.45, 7) is 0. The van der Waals surface area contributed by atoms with Gasteiger partial charge in [0.15, 0.2) is 0 Å². The van der Waals surface area contributed by atoms with Crippen LogP contribution in [-0.2, 0) is 20.1 Å². The number of nitriles is 2. The van der Waals surface area contributed by atoms with E-state index in [-0.39, 0.29) is 37.2 Å². The van der Waals surface area contributed by atoms with Crippen LogP contribution in [0.25, 0.3) is 22.5 Å². The van der Waals surface area contributed by atoms with Gasteiger partial charge < -0.3 is 29.7 Å². The van der Waals surface area contributed by atoms with E-state index in [0.717, 1.165) is 24.3 Å². The predicted octanol–water partition coefficient (Wildman–Crippen LogP) is 4.13. The minimum atomic E-state index is -1.24. The number of nitrogens with zero attached hydrogens (tertiary/aromatic N) is 7. The van der Waals surface area contributed by atoms with Crippen molar-refractivity contribution in [2.45, 2.75) is 0 Å². The SMILES string of the molecule is N#Cc1c(F)cc(-c2ccccn2)cc1F.N#Cc1c(F)cc(-c2ccccn2)cc1F.O=C([O-])c1ccccn1.O=C([O-])c1ccccn1.O=C([O-])c1ccccn1.[Ir+3]. The summed E-state index contributed by atoms with van der Waals surface area (Å²) in [7, 11) is 0. The molecule has 0 fully saturated rings. The van der Waals surface area contributed by atoms with E-state index in [9.17, 15) is 47.3 Å². The first-order valence-corrected chi connectivity index (χ1v) is 16.3. The molecular weight excluding hydrogens is 967 g/mol. The molecule has 0 spiro atoms. The van der Waals surface area contributed by atoms with Gasteiger partial charge in [0.05, 0.1) is 46.4 Å². The number of carboxylic acid groups (broad SMARTS) is 3. The Balaban J connectivity index is 0.000000265. The molecule has 0 aliphatic rings. The maximum absolute atomic E-state index is 13.3. The molecule has 300 valence electrons. The number of aromatic carboxylic acids is 3. The Bertz CT molecular complexity index is 2290. The number of aromatic nitrogens is 5. The Morgan fingerprint density at radius 3 is 0.850 bits per heavy atom. The van der Waals surface area contributed by atoms with Crippen molar-refractivity contribution in [3.63, 3.8) is 0 Å². The van der Waals surface area contributed by atoms with Crippen LogP contribution >= 0.6 is 0 Å². The molecule has 2 aromatic carbocycles. The minimum absolute atomic E-state index is 0. The molecule has 0 aliphatic carbocycles. The maximum Gasteiger partial charge on any atom is 3.00 e. The Labute approximate surface area is 352 Å². The van der Waals surface area contributed by atoms with E-state index in [2.05, 4.69) is 24.9 Å². The molecule has 7 aromatic rings. The fourth-order valence-electron chi connectivity index (χ4n) is 4.17. The van der Waals surface area contributed by atoms with Crippen LogP contribution < -0.4 is 15.3 Å². The van der Waals surface area contributed by atoms with Gasteiger partial charge in [0.2, 0.25) is 0 Å². The molecule has 0 aliphatic heterocycles. The Morgan fingerprint density at radius 1 is 0.433 bits per heavy atom. The van der Waals surface area contributed by atoms with Gasteiger partial charge in [-0.3, -0.25) is 24.9 Å². The van der Waals surface area contributed by atoms with Gasteiger partial charge in [-0.2, -0.15) is 10.5 Å². The third-order valence-electron chi connectivity index (χ3n) is 6.85. The van der Waals surface area contributed by atoms with Gasteiger partial charge >= 0.3 is 20.1 Å². The average molecular weight is 991 g/mol. The summed E-state index contributed by atoms with van der Waals surface area (Å²) in [6.07, 6.45) is 7.29. The predicted molar refractivity (Wildman–Crippen MR) is 194 cm³/mol. The summed E-state index contributed by atoms with van der Waals surface area (Å²) in [5, 5.41) is 47.1. The molecule has 0 radical (unpaired) electrons. The number of carboxylic acids is 3. The smallest absolute Gasteiger partial charge is 0.543 e. The molecule has 13 nitrogen and oxygen atoms in total. The first-order chi connectivity index (χ1) is 28.4. The number of hydrogen-bond donors (Lipinski definition) is 0. The van der Waals surface area contributed by atoms with E-state index < -0.39 is 52.3 Å². The Kier molecular flexibility index (Phi) is 20.2. The van der Waals surface area contributed by atoms with Gasteiger partial charge in [0.1, 0.15) is 46.5 Å². The van der Waals surface area contributed by atoms with E-state index in [1.165, 1.54) is 61.3 Å². The number of halogens is 4. The summed E-state index contributed by atoms with van der Waals surface area (Å²) < 4.78 is 53.2. The van der Waals surface area contributed by atoms with Crippen molar-refractivity contribution in [1.82, 2.24) is 24.9 Å². The van der Waals surface area contributed by atoms with Crippen LogP contribution in [0.2, 0.25) is 0 Å². The molecular formula is C42H24F4IrN7O6. The van der Waals surface area contributed by atoms with Gasteiger partial charge in [0, 0.05) is 42.1 Å². The number of carbonyl (C=O) groups is 3. The molecule has 5 heterocycles. The second kappa shape index (κ2) is 25.3. The largest absolute Gasteiger partial charge is 3.00 e. The van der Waals surface area contributed by atoms with Gasteiger partial charge in [-0.15, -0.1) is 0 Å². The molecule has 0 atom stereocenters. The van der Waals surface area contributed by atoms with Crippen LogP contribution in [0, 0.1) is 45.9 Å². The Hall–Kier alpha value is -8.05. The summed E-state index contributed by atoms with van der Waals surface area (Å²) in [5.41, 5.74) is 0.325. The van der Waals surface area contributed by atoms with Crippen molar-refractivity contribution in [3.05, 3.63) is 198 Å². The number of carbonyl (C=O) groups excluding carboxylic acids is 3. The van der Waals surface area contributed by atoms with Gasteiger partial charge in [-0.05, 0) is 84.9 Å². The fourth-order valence-corrected chi connectivity index (χ4v) is 4.17. The average Bonchev–Trinajstić information content (AvgIpc) is 3.26. The van der Waals surface area contributed by atoms with E-state index in [0.29, 0.717) is 22.5 Å². The number of rotatable bonds is 5. The van der Waals surface area contributed by atoms with Gasteiger partial charge in [-0.1, -0.05) is 30.3 Å². The topological polar surface area (TPSA) is 232 Å². The molecule has 18 heteroatoms. The normalized spacial score (nSPS) is 9.23. The van der Waals surface area contributed by atoms with Crippen molar-refractivity contribution in [1.29, 1.82) is 10.5 Å². The molecule has 0 saturated heterocycles. The zero-order chi connectivity index (χ0) is 43.2. The molecule has 5 aromatic heterocycles. The van der Waals surface area contributed by atoms with Crippen molar-refractivity contribution >= 4 is 17.9 Å². The van der Waals surface area contributed by atoms with Crippen LogP contribution in [0.15, 0.2) is 146 Å². The summed E-state index contributed by atoms with van der Waals surface area (Å²) in [4.78, 5) is 48.6. The number of hydrogen-bond acceptors (Lipinski definition) is 13. The Morgan fingerprint density at radius 2 is 0.683 bits per heavy atom. The third kappa shape index (κ3) is 15.5. The van der Waals surface area contributed by atoms with Crippen molar-refractivity contribution in [2.24, 2.45) is 0 Å². The van der Waals surface area contributed by atoms with E-state index >= 15 is 0 Å². The molecule has 60 heavy (non-hydrogen) atoms. The molecule has 0 unspecified atom stereocenters. The first-order valence-electron chi connectivity index (χ1n) is 16.3. The molecule has 0 saturated carbocycles. The van der Waals surface area contributed by atoms with Crippen LogP contribution in [0.5, 0.6) is 0 Å². The quantitative estimate of drug-likeness (QED) is 0.221. The summed E-state index contributed by atoms with van der Waals surface area (Å²) in [5.74, 6) is -7.21. The molecule has 0 amide bonds. The number of pyridine rings is 5. The minimum Gasteiger partial charge on any atom is -0.543 e. The van der Waals surface area contributed by atoms with Crippen LogP contribution in [0.1, 0.15) is 42.6 Å². The third-order valence-corrected chi connectivity index (χ3v) is 6.85. The second-order valence-electron chi connectivity index (χ2n) is 10.8. The van der Waals surface area contributed by atoms with E-state index in [1.54, 1.807) is 72.8 Å². The fraction of sp³-hybridized carbons (Fsp3) is 0. The summed E-state index contributed by atoms with van der Waals surface area (Å²) >= 11 is 0. The zero-order valence-electron chi connectivity index (χ0n) is 30.3. The zero-order valence-corrected chi connectivity index (χ0v) is 32.7. The van der Waals surface area contributed by atoms with Crippen LogP contribution in [0.3, 0.4) is 0 Å². The monoisotopic (exact) mass is 991 g/mol. The first kappa shape index (κ1) is 48.1. The van der Waals surface area contributed by atoms with Gasteiger partial charge in [-0.25, -0.2) is 17.6 Å². The summed E-state index contributed by atoms with van der Waals surface area (Å²) in [6, 6.07) is 31.4. The molecule has 0 bridgehead atoms. The van der Waals surface area contributed by atoms with Crippen LogP contribution in [0.4, 0.5) is 17.6 Å². The number of benzene rings is 2. The maximum atomic E-state index is 13.3. The molecule has 0 N–H and O–H groups in total. The van der Waals surface area contributed by atoms with E-state index in [4.69, 9.17) is 10.5 Å².